The van der Waals surface area contributed by atoms with Crippen LogP contribution in [-0.4, -0.2) is 75.2 Å². The number of aromatic nitrogens is 3. The van der Waals surface area contributed by atoms with E-state index in [1.54, 1.807) is 22.8 Å². The summed E-state index contributed by atoms with van der Waals surface area (Å²) in [7, 11) is 1.52. The number of carbonyl (C=O) groups excluding carboxylic acids is 1. The van der Waals surface area contributed by atoms with Gasteiger partial charge in [-0.05, 0) is 45.4 Å². The van der Waals surface area contributed by atoms with Crippen LogP contribution < -0.4 is 19.3 Å². The molecule has 0 radical (unpaired) electrons. The molecule has 238 valence electrons. The van der Waals surface area contributed by atoms with E-state index < -0.39 is 28.2 Å². The lowest BCUT2D eigenvalue weighted by molar-refractivity contribution is 0.0685. The summed E-state index contributed by atoms with van der Waals surface area (Å²) in [6.45, 7) is 8.71. The summed E-state index contributed by atoms with van der Waals surface area (Å²) < 4.78 is 57.6. The zero-order valence-electron chi connectivity index (χ0n) is 25.8. The third-order valence-corrected chi connectivity index (χ3v) is 8.71. The molecule has 0 fully saturated rings. The number of halogens is 2. The second-order valence-corrected chi connectivity index (χ2v) is 11.4. The Kier molecular flexibility index (Phi) is 12.0. The highest BCUT2D eigenvalue weighted by molar-refractivity contribution is 7.86. The highest BCUT2D eigenvalue weighted by atomic mass is 32.2. The van der Waals surface area contributed by atoms with E-state index >= 15 is 0 Å². The summed E-state index contributed by atoms with van der Waals surface area (Å²) in [6, 6.07) is 1.74. The smallest absolute Gasteiger partial charge is 0.280 e. The van der Waals surface area contributed by atoms with Crippen molar-refractivity contribution < 1.29 is 27.3 Å². The molecular formula is C29H41F2N5O5S2. The molecule has 1 aromatic carbocycles. The van der Waals surface area contributed by atoms with E-state index in [0.717, 1.165) is 16.8 Å². The van der Waals surface area contributed by atoms with E-state index in [1.807, 2.05) is 27.7 Å². The van der Waals surface area contributed by atoms with Crippen LogP contribution >= 0.6 is 12.6 Å². The number of fused-ring (bicyclic) bond motifs is 7. The second kappa shape index (κ2) is 15.0. The summed E-state index contributed by atoms with van der Waals surface area (Å²) in [4.78, 5) is 29.1. The number of hydrogen-bond acceptors (Lipinski definition) is 7. The molecule has 4 heterocycles. The van der Waals surface area contributed by atoms with Crippen molar-refractivity contribution in [3.63, 3.8) is 0 Å². The SMILES string of the molecule is CC.CCN1CC(C)n2c(c(OC)c3c(=O)n4nc(c32)N(C)S(=O)CCCCCOc2cc(F)c(F)cc2C4)C1=O.CS. The number of ether oxygens (including phenoxy) is 2. The lowest BCUT2D eigenvalue weighted by Gasteiger charge is -2.33. The molecule has 0 saturated heterocycles. The summed E-state index contributed by atoms with van der Waals surface area (Å²) in [6.07, 6.45) is 3.67. The van der Waals surface area contributed by atoms with E-state index in [9.17, 15) is 22.6 Å². The average Bonchev–Trinajstić information content (AvgIpc) is 3.38. The molecule has 2 bridgehead atoms. The Morgan fingerprint density at radius 1 is 1.14 bits per heavy atom. The van der Waals surface area contributed by atoms with Gasteiger partial charge in [-0.25, -0.2) is 17.7 Å². The Morgan fingerprint density at radius 3 is 2.47 bits per heavy atom. The number of rotatable bonds is 2. The normalized spacial score (nSPS) is 18.7. The first kappa shape index (κ1) is 34.4. The van der Waals surface area contributed by atoms with Crippen molar-refractivity contribution in [1.29, 1.82) is 0 Å². The average molecular weight is 642 g/mol. The molecule has 10 nitrogen and oxygen atoms in total. The van der Waals surface area contributed by atoms with Crippen molar-refractivity contribution in [1.82, 2.24) is 19.2 Å². The minimum atomic E-state index is -1.49. The predicted molar refractivity (Wildman–Crippen MR) is 169 cm³/mol. The van der Waals surface area contributed by atoms with E-state index in [1.165, 1.54) is 11.4 Å². The van der Waals surface area contributed by atoms with Gasteiger partial charge in [-0.1, -0.05) is 13.8 Å². The Morgan fingerprint density at radius 2 is 1.81 bits per heavy atom. The fourth-order valence-corrected chi connectivity index (χ4v) is 6.34. The number of anilines is 1. The molecule has 0 saturated carbocycles. The van der Waals surface area contributed by atoms with Gasteiger partial charge in [-0.2, -0.15) is 12.6 Å². The molecule has 0 spiro atoms. The van der Waals surface area contributed by atoms with Crippen LogP contribution in [0, 0.1) is 11.6 Å². The van der Waals surface area contributed by atoms with Crippen LogP contribution in [-0.2, 0) is 17.5 Å². The Bertz CT molecular complexity index is 1540. The fraction of sp³-hybridized carbons (Fsp3) is 0.552. The molecule has 2 aliphatic heterocycles. The van der Waals surface area contributed by atoms with Gasteiger partial charge in [0.25, 0.3) is 11.5 Å². The molecule has 43 heavy (non-hydrogen) atoms. The largest absolute Gasteiger partial charge is 0.493 e. The number of thiol groups is 1. The maximum atomic E-state index is 14.3. The summed E-state index contributed by atoms with van der Waals surface area (Å²) in [5.74, 6) is -1.64. The molecule has 2 aromatic heterocycles. The molecule has 1 amide bonds. The maximum absolute atomic E-state index is 14.3. The quantitative estimate of drug-likeness (QED) is 0.404. The summed E-state index contributed by atoms with van der Waals surface area (Å²) in [5, 5.41) is 4.70. The van der Waals surface area contributed by atoms with Crippen molar-refractivity contribution in [3.8, 4) is 11.5 Å². The van der Waals surface area contributed by atoms with Gasteiger partial charge in [0.15, 0.2) is 28.9 Å². The highest BCUT2D eigenvalue weighted by Gasteiger charge is 2.38. The molecule has 3 aromatic rings. The van der Waals surface area contributed by atoms with Crippen LogP contribution in [0.1, 0.15) is 69.1 Å². The number of carbonyl (C=O) groups is 1. The summed E-state index contributed by atoms with van der Waals surface area (Å²) in [5.41, 5.74) is 0.209. The van der Waals surface area contributed by atoms with Gasteiger partial charge in [0.1, 0.15) is 27.6 Å². The van der Waals surface area contributed by atoms with E-state index in [0.29, 0.717) is 43.6 Å². The topological polar surface area (TPSA) is 98.9 Å². The standard InChI is InChI=1S/C26H31F2N5O5S.C2H6.CH4S/c1-5-31-13-15(2)33-21-20(23(37-4)22(33)26(31)35)25(34)32-14-16-11-17(27)18(28)12-19(16)38-9-7-6-8-10-39(36)30(3)24(21)29-32;2*1-2/h11-12,15H,5-10,13-14H2,1-4H3;1-2H3;2H,1H3. The Balaban J connectivity index is 0.00000121. The van der Waals surface area contributed by atoms with Crippen LogP contribution in [0.3, 0.4) is 0 Å². The number of benzene rings is 1. The van der Waals surface area contributed by atoms with Crippen molar-refractivity contribution in [2.75, 3.05) is 50.2 Å². The van der Waals surface area contributed by atoms with Crippen molar-refractivity contribution in [2.24, 2.45) is 0 Å². The molecule has 0 N–H and O–H groups in total. The molecule has 2 unspecified atom stereocenters. The van der Waals surface area contributed by atoms with Gasteiger partial charge >= 0.3 is 0 Å². The van der Waals surface area contributed by atoms with Crippen molar-refractivity contribution >= 4 is 46.2 Å². The maximum Gasteiger partial charge on any atom is 0.280 e. The zero-order chi connectivity index (χ0) is 32.0. The monoisotopic (exact) mass is 641 g/mol. The lowest BCUT2D eigenvalue weighted by atomic mass is 10.1. The van der Waals surface area contributed by atoms with Crippen LogP contribution in [0.4, 0.5) is 14.6 Å². The van der Waals surface area contributed by atoms with Gasteiger partial charge in [0.2, 0.25) is 0 Å². The number of hydrogen-bond donors (Lipinski definition) is 1. The molecule has 14 heteroatoms. The van der Waals surface area contributed by atoms with Gasteiger partial charge in [-0.3, -0.25) is 13.9 Å². The Hall–Kier alpha value is -3.13. The van der Waals surface area contributed by atoms with Crippen LogP contribution in [0.5, 0.6) is 11.5 Å². The minimum Gasteiger partial charge on any atom is -0.493 e. The molecule has 2 aliphatic rings. The van der Waals surface area contributed by atoms with Crippen LogP contribution in [0.15, 0.2) is 16.9 Å². The van der Waals surface area contributed by atoms with Crippen LogP contribution in [0.2, 0.25) is 0 Å². The van der Waals surface area contributed by atoms with Crippen molar-refractivity contribution in [3.05, 3.63) is 45.4 Å². The van der Waals surface area contributed by atoms with Gasteiger partial charge in [0, 0.05) is 43.6 Å². The van der Waals surface area contributed by atoms with E-state index in [2.05, 4.69) is 17.7 Å². The van der Waals surface area contributed by atoms with E-state index in [-0.39, 0.29) is 59.1 Å². The van der Waals surface area contributed by atoms with Gasteiger partial charge in [0.05, 0.1) is 20.3 Å². The minimum absolute atomic E-state index is 0.101. The summed E-state index contributed by atoms with van der Waals surface area (Å²) >= 11 is 3.53. The molecule has 2 atom stereocenters. The molecule has 5 rings (SSSR count). The first-order chi connectivity index (χ1) is 20.7. The van der Waals surface area contributed by atoms with Gasteiger partial charge in [-0.15, -0.1) is 5.10 Å². The fourth-order valence-electron chi connectivity index (χ4n) is 5.30. The Labute approximate surface area is 258 Å². The third-order valence-electron chi connectivity index (χ3n) is 7.29. The number of nitrogens with zero attached hydrogens (tertiary/aromatic N) is 5. The highest BCUT2D eigenvalue weighted by Crippen LogP contribution is 2.41. The lowest BCUT2D eigenvalue weighted by Crippen LogP contribution is -2.42. The van der Waals surface area contributed by atoms with Crippen molar-refractivity contribution in [2.45, 2.75) is 59.5 Å². The number of methoxy groups -OCH3 is 1. The number of likely N-dealkylation sites (N-methyl/N-ethyl adjacent to an activating group) is 1. The zero-order valence-corrected chi connectivity index (χ0v) is 27.5. The first-order valence-corrected chi connectivity index (χ1v) is 16.5. The first-order valence-electron chi connectivity index (χ1n) is 14.4. The van der Waals surface area contributed by atoms with Gasteiger partial charge < -0.3 is 18.9 Å². The second-order valence-electron chi connectivity index (χ2n) is 9.76. The number of amides is 1. The molecular weight excluding hydrogens is 600 g/mol. The van der Waals surface area contributed by atoms with Crippen LogP contribution in [0.25, 0.3) is 10.9 Å². The van der Waals surface area contributed by atoms with E-state index in [4.69, 9.17) is 9.47 Å². The predicted octanol–water partition coefficient (Wildman–Crippen LogP) is 4.80. The third kappa shape index (κ3) is 6.54. The molecule has 0 aliphatic carbocycles.